The first-order valence-corrected chi connectivity index (χ1v) is 4.97. The van der Waals surface area contributed by atoms with Gasteiger partial charge in [0, 0.05) is 24.2 Å². The van der Waals surface area contributed by atoms with Gasteiger partial charge in [-0.3, -0.25) is 0 Å². The highest BCUT2D eigenvalue weighted by atomic mass is 19.2. The van der Waals surface area contributed by atoms with Crippen molar-refractivity contribution in [3.05, 3.63) is 46.9 Å². The van der Waals surface area contributed by atoms with Crippen molar-refractivity contribution in [3.8, 4) is 0 Å². The second-order valence-electron chi connectivity index (χ2n) is 3.68. The minimum atomic E-state index is -1.25. The van der Waals surface area contributed by atoms with E-state index in [1.165, 1.54) is 6.20 Å². The fourth-order valence-corrected chi connectivity index (χ4v) is 1.51. The third-order valence-corrected chi connectivity index (χ3v) is 2.37. The molecule has 0 saturated heterocycles. The van der Waals surface area contributed by atoms with Gasteiger partial charge in [-0.05, 0) is 11.6 Å². The molecule has 0 aliphatic rings. The van der Waals surface area contributed by atoms with Crippen LogP contribution in [0.1, 0.15) is 11.1 Å². The third kappa shape index (κ3) is 2.34. The number of anilines is 2. The molecule has 0 atom stereocenters. The number of nitrogens with two attached hydrogens (primary N) is 2. The van der Waals surface area contributed by atoms with Crippen LogP contribution >= 0.6 is 0 Å². The molecule has 0 aliphatic carbocycles. The lowest BCUT2D eigenvalue weighted by Gasteiger charge is -2.07. The van der Waals surface area contributed by atoms with Crippen LogP contribution in [0.25, 0.3) is 0 Å². The van der Waals surface area contributed by atoms with E-state index in [-0.39, 0.29) is 23.8 Å². The molecule has 1 heterocycles. The van der Waals surface area contributed by atoms with Crippen LogP contribution in [0, 0.1) is 17.5 Å². The van der Waals surface area contributed by atoms with E-state index in [1.807, 2.05) is 0 Å². The van der Waals surface area contributed by atoms with Gasteiger partial charge < -0.3 is 11.5 Å². The van der Waals surface area contributed by atoms with E-state index < -0.39 is 17.5 Å². The molecule has 4 N–H and O–H groups in total. The van der Waals surface area contributed by atoms with Gasteiger partial charge in [0.2, 0.25) is 5.95 Å². The zero-order valence-electron chi connectivity index (χ0n) is 9.12. The Labute approximate surface area is 100 Å². The minimum absolute atomic E-state index is 0.0258. The Morgan fingerprint density at radius 2 is 1.78 bits per heavy atom. The van der Waals surface area contributed by atoms with Crippen molar-refractivity contribution in [1.82, 2.24) is 9.97 Å². The van der Waals surface area contributed by atoms with Gasteiger partial charge >= 0.3 is 0 Å². The van der Waals surface area contributed by atoms with Crippen molar-refractivity contribution in [2.45, 2.75) is 6.42 Å². The Hall–Kier alpha value is -2.31. The van der Waals surface area contributed by atoms with Gasteiger partial charge in [0.1, 0.15) is 11.6 Å². The normalized spacial score (nSPS) is 10.6. The van der Waals surface area contributed by atoms with Crippen LogP contribution in [0.4, 0.5) is 24.9 Å². The zero-order chi connectivity index (χ0) is 13.3. The molecule has 2 rings (SSSR count). The van der Waals surface area contributed by atoms with Crippen LogP contribution in [0.3, 0.4) is 0 Å². The lowest BCUT2D eigenvalue weighted by atomic mass is 10.1. The van der Waals surface area contributed by atoms with Gasteiger partial charge in [0.25, 0.3) is 0 Å². The zero-order valence-corrected chi connectivity index (χ0v) is 9.12. The number of halogens is 3. The summed E-state index contributed by atoms with van der Waals surface area (Å²) in [5.74, 6) is -3.21. The maximum Gasteiger partial charge on any atom is 0.221 e. The Balaban J connectivity index is 2.40. The van der Waals surface area contributed by atoms with Crippen LogP contribution in [-0.4, -0.2) is 9.97 Å². The van der Waals surface area contributed by atoms with E-state index in [1.54, 1.807) is 0 Å². The van der Waals surface area contributed by atoms with Crippen molar-refractivity contribution in [2.75, 3.05) is 11.5 Å². The van der Waals surface area contributed by atoms with Crippen LogP contribution in [0.15, 0.2) is 18.3 Å². The number of aromatic nitrogens is 2. The standard InChI is InChI=1S/C11H9F3N4/c12-7-2-5(9(14)8(13)3-7)1-6-4-17-11(16)18-10(6)15/h2-4H,1H2,(H4,15,16,17,18). The van der Waals surface area contributed by atoms with Crippen LogP contribution in [0.2, 0.25) is 0 Å². The third-order valence-electron chi connectivity index (χ3n) is 2.37. The largest absolute Gasteiger partial charge is 0.383 e. The van der Waals surface area contributed by atoms with Crippen LogP contribution in [-0.2, 0) is 6.42 Å². The SMILES string of the molecule is Nc1ncc(Cc2cc(F)cc(F)c2F)c(N)n1. The smallest absolute Gasteiger partial charge is 0.221 e. The maximum atomic E-state index is 13.4. The molecular formula is C11H9F3N4. The molecule has 94 valence electrons. The number of nitrogens with zero attached hydrogens (tertiary/aromatic N) is 2. The van der Waals surface area contributed by atoms with Gasteiger partial charge in [0.05, 0.1) is 0 Å². The van der Waals surface area contributed by atoms with E-state index in [0.717, 1.165) is 6.07 Å². The summed E-state index contributed by atoms with van der Waals surface area (Å²) in [7, 11) is 0. The molecule has 1 aromatic carbocycles. The molecule has 2 aromatic rings. The Morgan fingerprint density at radius 3 is 2.44 bits per heavy atom. The van der Waals surface area contributed by atoms with Crippen LogP contribution < -0.4 is 11.5 Å². The maximum absolute atomic E-state index is 13.4. The van der Waals surface area contributed by atoms with Crippen molar-refractivity contribution >= 4 is 11.8 Å². The molecule has 0 aliphatic heterocycles. The molecule has 0 unspecified atom stereocenters. The number of hydrogen-bond acceptors (Lipinski definition) is 4. The molecular weight excluding hydrogens is 245 g/mol. The molecule has 0 saturated carbocycles. The summed E-state index contributed by atoms with van der Waals surface area (Å²) in [5.41, 5.74) is 11.0. The highest BCUT2D eigenvalue weighted by molar-refractivity contribution is 5.44. The van der Waals surface area contributed by atoms with Gasteiger partial charge in [-0.15, -0.1) is 0 Å². The van der Waals surface area contributed by atoms with E-state index in [2.05, 4.69) is 9.97 Å². The van der Waals surface area contributed by atoms with Crippen molar-refractivity contribution in [1.29, 1.82) is 0 Å². The fourth-order valence-electron chi connectivity index (χ4n) is 1.51. The molecule has 7 heteroatoms. The van der Waals surface area contributed by atoms with Gasteiger partial charge in [-0.1, -0.05) is 0 Å². The second kappa shape index (κ2) is 4.52. The minimum Gasteiger partial charge on any atom is -0.383 e. The first kappa shape index (κ1) is 12.2. The monoisotopic (exact) mass is 254 g/mol. The highest BCUT2D eigenvalue weighted by Gasteiger charge is 2.13. The van der Waals surface area contributed by atoms with Gasteiger partial charge in [-0.2, -0.15) is 4.98 Å². The Morgan fingerprint density at radius 1 is 1.06 bits per heavy atom. The molecule has 1 aromatic heterocycles. The predicted octanol–water partition coefficient (Wildman–Crippen LogP) is 1.65. The molecule has 0 amide bonds. The summed E-state index contributed by atoms with van der Waals surface area (Å²) in [5, 5.41) is 0. The summed E-state index contributed by atoms with van der Waals surface area (Å²) in [6.07, 6.45) is 1.17. The quantitative estimate of drug-likeness (QED) is 0.799. The molecule has 4 nitrogen and oxygen atoms in total. The Bertz CT molecular complexity index is 601. The van der Waals surface area contributed by atoms with E-state index in [0.29, 0.717) is 11.6 Å². The lowest BCUT2D eigenvalue weighted by molar-refractivity contribution is 0.486. The summed E-state index contributed by atoms with van der Waals surface area (Å²) in [4.78, 5) is 7.37. The van der Waals surface area contributed by atoms with E-state index in [9.17, 15) is 13.2 Å². The lowest BCUT2D eigenvalue weighted by Crippen LogP contribution is -2.05. The number of hydrogen-bond donors (Lipinski definition) is 2. The summed E-state index contributed by atoms with van der Waals surface area (Å²) in [6.45, 7) is 0. The van der Waals surface area contributed by atoms with E-state index in [4.69, 9.17) is 11.5 Å². The Kier molecular flexibility index (Phi) is 3.05. The predicted molar refractivity (Wildman–Crippen MR) is 60.0 cm³/mol. The van der Waals surface area contributed by atoms with Crippen molar-refractivity contribution in [3.63, 3.8) is 0 Å². The second-order valence-corrected chi connectivity index (χ2v) is 3.68. The number of nitrogen functional groups attached to an aromatic ring is 2. The number of rotatable bonds is 2. The summed E-state index contributed by atoms with van der Waals surface area (Å²) < 4.78 is 39.4. The first-order chi connectivity index (χ1) is 8.47. The topological polar surface area (TPSA) is 77.8 Å². The van der Waals surface area contributed by atoms with Gasteiger partial charge in [-0.25, -0.2) is 18.2 Å². The summed E-state index contributed by atoms with van der Waals surface area (Å²) in [6, 6.07) is 1.37. The molecule has 18 heavy (non-hydrogen) atoms. The van der Waals surface area contributed by atoms with Crippen molar-refractivity contribution < 1.29 is 13.2 Å². The summed E-state index contributed by atoms with van der Waals surface area (Å²) >= 11 is 0. The van der Waals surface area contributed by atoms with Gasteiger partial charge in [0.15, 0.2) is 11.6 Å². The van der Waals surface area contributed by atoms with E-state index >= 15 is 0 Å². The molecule has 0 fully saturated rings. The average Bonchev–Trinajstić information content (AvgIpc) is 2.29. The number of benzene rings is 1. The molecule has 0 radical (unpaired) electrons. The van der Waals surface area contributed by atoms with Crippen molar-refractivity contribution in [2.24, 2.45) is 0 Å². The fraction of sp³-hybridized carbons (Fsp3) is 0.0909. The average molecular weight is 254 g/mol. The first-order valence-electron chi connectivity index (χ1n) is 4.97. The highest BCUT2D eigenvalue weighted by Crippen LogP contribution is 2.20. The molecule has 0 spiro atoms. The molecule has 0 bridgehead atoms. The van der Waals surface area contributed by atoms with Crippen LogP contribution in [0.5, 0.6) is 0 Å².